The molecular weight excluding hydrogens is 310 g/mol. The van der Waals surface area contributed by atoms with Crippen LogP contribution in [0.5, 0.6) is 5.75 Å². The fraction of sp³-hybridized carbons (Fsp3) is 0.318. The Morgan fingerprint density at radius 2 is 1.64 bits per heavy atom. The summed E-state index contributed by atoms with van der Waals surface area (Å²) in [7, 11) is 1.64. The molecule has 0 aromatic heterocycles. The minimum Gasteiger partial charge on any atom is -0.497 e. The molecule has 0 aliphatic carbocycles. The molecule has 0 fully saturated rings. The van der Waals surface area contributed by atoms with E-state index >= 15 is 0 Å². The maximum atomic E-state index is 12.1. The minimum atomic E-state index is -0.108. The molecule has 1 amide bonds. The summed E-state index contributed by atoms with van der Waals surface area (Å²) in [6.07, 6.45) is 3.41. The number of carbonyl (C=O) groups excluding carboxylic acids is 1. The molecule has 0 bridgehead atoms. The van der Waals surface area contributed by atoms with E-state index in [0.717, 1.165) is 16.9 Å². The second kappa shape index (κ2) is 8.02. The van der Waals surface area contributed by atoms with Crippen LogP contribution < -0.4 is 10.1 Å². The first kappa shape index (κ1) is 18.8. The summed E-state index contributed by atoms with van der Waals surface area (Å²) in [5, 5.41) is 2.97. The number of nitrogens with one attached hydrogen (secondary N) is 1. The van der Waals surface area contributed by atoms with Crippen molar-refractivity contribution in [2.24, 2.45) is 0 Å². The second-order valence-corrected chi connectivity index (χ2v) is 7.21. The van der Waals surface area contributed by atoms with Crippen molar-refractivity contribution in [2.45, 2.75) is 39.2 Å². The van der Waals surface area contributed by atoms with Crippen LogP contribution >= 0.6 is 0 Å². The Labute approximate surface area is 150 Å². The van der Waals surface area contributed by atoms with Gasteiger partial charge in [0.05, 0.1) is 13.2 Å². The highest BCUT2D eigenvalue weighted by Gasteiger charge is 2.12. The smallest absolute Gasteiger partial charge is 0.244 e. The van der Waals surface area contributed by atoms with Crippen molar-refractivity contribution in [3.8, 4) is 5.75 Å². The normalized spacial score (nSPS) is 12.8. The molecule has 0 aliphatic heterocycles. The lowest BCUT2D eigenvalue weighted by Gasteiger charge is -2.18. The molecule has 2 aromatic carbocycles. The van der Waals surface area contributed by atoms with Crippen LogP contribution in [0, 0.1) is 0 Å². The number of rotatable bonds is 5. The van der Waals surface area contributed by atoms with Gasteiger partial charge in [-0.25, -0.2) is 0 Å². The highest BCUT2D eigenvalue weighted by atomic mass is 16.5. The van der Waals surface area contributed by atoms with Gasteiger partial charge in [0.25, 0.3) is 0 Å². The molecule has 132 valence electrons. The molecule has 0 heterocycles. The summed E-state index contributed by atoms with van der Waals surface area (Å²) in [4.78, 5) is 12.1. The monoisotopic (exact) mass is 337 g/mol. The quantitative estimate of drug-likeness (QED) is 0.789. The van der Waals surface area contributed by atoms with Gasteiger partial charge in [-0.15, -0.1) is 0 Å². The van der Waals surface area contributed by atoms with Crippen LogP contribution in [0.1, 0.15) is 50.4 Å². The van der Waals surface area contributed by atoms with Gasteiger partial charge in [0, 0.05) is 6.08 Å². The zero-order valence-electron chi connectivity index (χ0n) is 15.7. The Balaban J connectivity index is 1.95. The number of methoxy groups -OCH3 is 1. The standard InChI is InChI=1S/C22H27NO2/c1-16(18-9-13-20(25-5)14-10-18)23-21(24)15-8-17-6-11-19(12-7-17)22(2,3)4/h6-16H,1-5H3,(H,23,24)/b15-8+/t16-/m0/s1. The molecule has 1 N–H and O–H groups in total. The van der Waals surface area contributed by atoms with Crippen LogP contribution in [0.25, 0.3) is 6.08 Å². The molecule has 1 atom stereocenters. The zero-order valence-corrected chi connectivity index (χ0v) is 15.7. The van der Waals surface area contributed by atoms with E-state index in [4.69, 9.17) is 4.74 Å². The molecule has 0 unspecified atom stereocenters. The molecule has 0 aliphatic rings. The van der Waals surface area contributed by atoms with Crippen molar-refractivity contribution in [2.75, 3.05) is 7.11 Å². The first-order chi connectivity index (χ1) is 11.8. The molecule has 3 heteroatoms. The molecule has 2 rings (SSSR count). The molecule has 0 saturated carbocycles. The fourth-order valence-electron chi connectivity index (χ4n) is 2.50. The number of hydrogen-bond acceptors (Lipinski definition) is 2. The summed E-state index contributed by atoms with van der Waals surface area (Å²) in [6.45, 7) is 8.52. The third kappa shape index (κ3) is 5.49. The summed E-state index contributed by atoms with van der Waals surface area (Å²) in [6, 6.07) is 15.9. The van der Waals surface area contributed by atoms with Gasteiger partial charge in [-0.3, -0.25) is 4.79 Å². The van der Waals surface area contributed by atoms with E-state index in [1.807, 2.05) is 49.4 Å². The maximum Gasteiger partial charge on any atom is 0.244 e. The highest BCUT2D eigenvalue weighted by molar-refractivity contribution is 5.91. The Kier molecular flexibility index (Phi) is 6.02. The Morgan fingerprint density at radius 3 is 2.16 bits per heavy atom. The van der Waals surface area contributed by atoms with Crippen LogP contribution in [-0.4, -0.2) is 13.0 Å². The van der Waals surface area contributed by atoms with Crippen LogP contribution in [-0.2, 0) is 10.2 Å². The fourth-order valence-corrected chi connectivity index (χ4v) is 2.50. The number of benzene rings is 2. The molecule has 0 saturated heterocycles. The Morgan fingerprint density at radius 1 is 1.04 bits per heavy atom. The van der Waals surface area contributed by atoms with Gasteiger partial charge >= 0.3 is 0 Å². The molecule has 3 nitrogen and oxygen atoms in total. The van der Waals surface area contributed by atoms with Crippen molar-refractivity contribution < 1.29 is 9.53 Å². The first-order valence-electron chi connectivity index (χ1n) is 8.52. The lowest BCUT2D eigenvalue weighted by molar-refractivity contribution is -0.117. The van der Waals surface area contributed by atoms with E-state index in [-0.39, 0.29) is 17.4 Å². The van der Waals surface area contributed by atoms with Crippen LogP contribution in [0.2, 0.25) is 0 Å². The Hall–Kier alpha value is -2.55. The van der Waals surface area contributed by atoms with Crippen LogP contribution in [0.4, 0.5) is 0 Å². The van der Waals surface area contributed by atoms with Crippen LogP contribution in [0.3, 0.4) is 0 Å². The van der Waals surface area contributed by atoms with Crippen molar-refractivity contribution in [3.63, 3.8) is 0 Å². The molecular formula is C22H27NO2. The SMILES string of the molecule is COc1ccc([C@H](C)NC(=O)/C=C/c2ccc(C(C)(C)C)cc2)cc1. The Bertz CT molecular complexity index is 722. The van der Waals surface area contributed by atoms with Crippen molar-refractivity contribution in [3.05, 3.63) is 71.3 Å². The van der Waals surface area contributed by atoms with E-state index in [9.17, 15) is 4.79 Å². The summed E-state index contributed by atoms with van der Waals surface area (Å²) >= 11 is 0. The zero-order chi connectivity index (χ0) is 18.4. The van der Waals surface area contributed by atoms with E-state index < -0.39 is 0 Å². The van der Waals surface area contributed by atoms with Gasteiger partial charge in [0.15, 0.2) is 0 Å². The van der Waals surface area contributed by atoms with Gasteiger partial charge in [-0.2, -0.15) is 0 Å². The van der Waals surface area contributed by atoms with E-state index in [0.29, 0.717) is 0 Å². The van der Waals surface area contributed by atoms with E-state index in [1.54, 1.807) is 13.2 Å². The summed E-state index contributed by atoms with van der Waals surface area (Å²) in [5.74, 6) is 0.698. The largest absolute Gasteiger partial charge is 0.497 e. The molecule has 0 spiro atoms. The van der Waals surface area contributed by atoms with E-state index in [2.05, 4.69) is 38.2 Å². The maximum absolute atomic E-state index is 12.1. The first-order valence-corrected chi connectivity index (χ1v) is 8.52. The number of ether oxygens (including phenoxy) is 1. The molecule has 0 radical (unpaired) electrons. The molecule has 25 heavy (non-hydrogen) atoms. The van der Waals surface area contributed by atoms with Gasteiger partial charge < -0.3 is 10.1 Å². The second-order valence-electron chi connectivity index (χ2n) is 7.21. The number of carbonyl (C=O) groups is 1. The average molecular weight is 337 g/mol. The lowest BCUT2D eigenvalue weighted by Crippen LogP contribution is -2.24. The minimum absolute atomic E-state index is 0.0636. The van der Waals surface area contributed by atoms with Crippen molar-refractivity contribution in [1.82, 2.24) is 5.32 Å². The van der Waals surface area contributed by atoms with Gasteiger partial charge in [0.1, 0.15) is 5.75 Å². The van der Waals surface area contributed by atoms with Gasteiger partial charge in [-0.1, -0.05) is 57.2 Å². The average Bonchev–Trinajstić information content (AvgIpc) is 2.59. The molecule has 2 aromatic rings. The van der Waals surface area contributed by atoms with Crippen LogP contribution in [0.15, 0.2) is 54.6 Å². The third-order valence-corrected chi connectivity index (χ3v) is 4.18. The third-order valence-electron chi connectivity index (χ3n) is 4.18. The van der Waals surface area contributed by atoms with Gasteiger partial charge in [0.2, 0.25) is 5.91 Å². The predicted molar refractivity (Wildman–Crippen MR) is 104 cm³/mol. The lowest BCUT2D eigenvalue weighted by atomic mass is 9.87. The highest BCUT2D eigenvalue weighted by Crippen LogP contribution is 2.22. The number of amides is 1. The van der Waals surface area contributed by atoms with E-state index in [1.165, 1.54) is 5.56 Å². The predicted octanol–water partition coefficient (Wildman–Crippen LogP) is 4.88. The van der Waals surface area contributed by atoms with Crippen molar-refractivity contribution >= 4 is 12.0 Å². The summed E-state index contributed by atoms with van der Waals surface area (Å²) in [5.41, 5.74) is 3.47. The summed E-state index contributed by atoms with van der Waals surface area (Å²) < 4.78 is 5.15. The topological polar surface area (TPSA) is 38.3 Å². The van der Waals surface area contributed by atoms with Crippen molar-refractivity contribution in [1.29, 1.82) is 0 Å². The number of hydrogen-bond donors (Lipinski definition) is 1. The van der Waals surface area contributed by atoms with Gasteiger partial charge in [-0.05, 0) is 47.2 Å².